The van der Waals surface area contributed by atoms with E-state index in [4.69, 9.17) is 47.7 Å². The van der Waals surface area contributed by atoms with Crippen molar-refractivity contribution in [1.29, 1.82) is 0 Å². The van der Waals surface area contributed by atoms with Crippen molar-refractivity contribution in [2.75, 3.05) is 13.2 Å². The van der Waals surface area contributed by atoms with Gasteiger partial charge in [-0.05, 0) is 91.8 Å². The topological polar surface area (TPSA) is 229 Å². The lowest BCUT2D eigenvalue weighted by atomic mass is 9.77. The van der Waals surface area contributed by atoms with Crippen molar-refractivity contribution in [1.82, 2.24) is 0 Å². The Kier molecular flexibility index (Phi) is 15.2. The first-order valence-electron chi connectivity index (χ1n) is 19.1. The quantitative estimate of drug-likeness (QED) is 0.0497. The number of ketones is 2. The minimum atomic E-state index is -2.63. The lowest BCUT2D eigenvalue weighted by molar-refractivity contribution is -0.267. The van der Waals surface area contributed by atoms with Gasteiger partial charge < -0.3 is 37.9 Å². The van der Waals surface area contributed by atoms with E-state index in [1.807, 2.05) is 0 Å². The highest BCUT2D eigenvalue weighted by Crippen LogP contribution is 2.39. The van der Waals surface area contributed by atoms with Gasteiger partial charge in [-0.2, -0.15) is 0 Å². The van der Waals surface area contributed by atoms with Gasteiger partial charge in [-0.1, -0.05) is 60.7 Å². The van der Waals surface area contributed by atoms with Gasteiger partial charge in [0.15, 0.2) is 0 Å². The van der Waals surface area contributed by atoms with Crippen molar-refractivity contribution in [3.63, 3.8) is 0 Å². The van der Waals surface area contributed by atoms with Crippen LogP contribution in [0, 0.1) is 11.8 Å². The van der Waals surface area contributed by atoms with Crippen molar-refractivity contribution >= 4 is 48.1 Å². The molecule has 2 aromatic carbocycles. The summed E-state index contributed by atoms with van der Waals surface area (Å²) < 4.78 is 42.1. The molecule has 4 unspecified atom stereocenters. The smallest absolute Gasteiger partial charge is 0.434 e. The van der Waals surface area contributed by atoms with Gasteiger partial charge in [0.05, 0.1) is 24.3 Å². The van der Waals surface area contributed by atoms with Crippen LogP contribution in [0.1, 0.15) is 76.1 Å². The zero-order chi connectivity index (χ0) is 45.9. The predicted molar refractivity (Wildman–Crippen MR) is 213 cm³/mol. The van der Waals surface area contributed by atoms with Gasteiger partial charge in [-0.15, -0.1) is 0 Å². The highest BCUT2D eigenvalue weighted by Gasteiger charge is 2.56. The number of ether oxygens (including phenoxy) is 8. The summed E-state index contributed by atoms with van der Waals surface area (Å²) in [6.07, 6.45) is 4.36. The van der Waals surface area contributed by atoms with Crippen LogP contribution in [0.2, 0.25) is 0 Å². The average Bonchev–Trinajstić information content (AvgIpc) is 3.18. The molecule has 0 aromatic heterocycles. The molecule has 0 bridgehead atoms. The average molecular weight is 863 g/mol. The van der Waals surface area contributed by atoms with E-state index in [1.54, 1.807) is 0 Å². The summed E-state index contributed by atoms with van der Waals surface area (Å²) in [7, 11) is 0. The summed E-state index contributed by atoms with van der Waals surface area (Å²) in [6.45, 7) is 12.0. The van der Waals surface area contributed by atoms with Gasteiger partial charge in [-0.25, -0.2) is 38.5 Å². The SMILES string of the molecule is CCOC(=O)Oc1ccccc1C(=O)C1(OC(=O)OC(C)(C)C)C=CC=CC1C(=O)OOC(=O)C1C=CC=CC1(OC(=O)OC(C)(C)C)C(=O)c1ccccc1OC(=O)OCC. The second-order valence-electron chi connectivity index (χ2n) is 15.2. The molecule has 0 spiro atoms. The number of para-hydroxylation sites is 2. The number of hydrogen-bond acceptors (Lipinski definition) is 18. The van der Waals surface area contributed by atoms with Gasteiger partial charge in [0.1, 0.15) is 34.5 Å². The molecule has 0 heterocycles. The fraction of sp³-hybridized carbons (Fsp3) is 0.364. The number of rotatable bonds is 12. The molecule has 0 radical (unpaired) electrons. The fourth-order valence-electron chi connectivity index (χ4n) is 5.85. The van der Waals surface area contributed by atoms with Gasteiger partial charge in [-0.3, -0.25) is 9.59 Å². The van der Waals surface area contributed by atoms with Crippen molar-refractivity contribution < 1.29 is 86.0 Å². The number of allylic oxidation sites excluding steroid dienone is 4. The highest BCUT2D eigenvalue weighted by molar-refractivity contribution is 6.11. The molecule has 18 nitrogen and oxygen atoms in total. The lowest BCUT2D eigenvalue weighted by Gasteiger charge is -2.36. The van der Waals surface area contributed by atoms with Gasteiger partial charge >= 0.3 is 36.6 Å². The molecular weight excluding hydrogens is 816 g/mol. The summed E-state index contributed by atoms with van der Waals surface area (Å²) >= 11 is 0. The standard InChI is InChI=1S/C44H46O18/c1-9-53-37(49)55-31-23-13-11-19-27(31)33(45)43(59-39(51)57-41(3,4)5)25-17-15-21-29(43)35(47)61-62-36(48)30-22-16-18-26-44(30,60-40(52)58-42(6,7)8)34(46)28-20-12-14-24-32(28)56-38(50)54-10-2/h11-26,29-30H,9-10H2,1-8H3. The Balaban J connectivity index is 1.74. The van der Waals surface area contributed by atoms with Crippen molar-refractivity contribution in [2.24, 2.45) is 11.8 Å². The van der Waals surface area contributed by atoms with Crippen molar-refractivity contribution in [3.8, 4) is 11.5 Å². The Morgan fingerprint density at radius 3 is 1.21 bits per heavy atom. The summed E-state index contributed by atoms with van der Waals surface area (Å²) in [6, 6.07) is 10.7. The molecule has 0 amide bonds. The molecule has 0 saturated carbocycles. The third-order valence-electron chi connectivity index (χ3n) is 8.32. The molecule has 2 aliphatic carbocycles. The number of Topliss-reactive ketones (excluding diaryl/α,β-unsaturated/α-hetero) is 2. The second-order valence-corrected chi connectivity index (χ2v) is 15.2. The van der Waals surface area contributed by atoms with E-state index in [0.717, 1.165) is 24.3 Å². The Bertz CT molecular complexity index is 2030. The molecular formula is C44H46O18. The van der Waals surface area contributed by atoms with Crippen LogP contribution in [0.5, 0.6) is 11.5 Å². The van der Waals surface area contributed by atoms with E-state index in [9.17, 15) is 38.4 Å². The van der Waals surface area contributed by atoms with Crippen molar-refractivity contribution in [3.05, 3.63) is 108 Å². The van der Waals surface area contributed by atoms with Crippen LogP contribution in [0.15, 0.2) is 97.1 Å². The third kappa shape index (κ3) is 11.7. The minimum absolute atomic E-state index is 0.0622. The molecule has 2 aliphatic rings. The molecule has 0 saturated heterocycles. The molecule has 2 aromatic rings. The number of carbonyl (C=O) groups excluding carboxylic acids is 8. The lowest BCUT2D eigenvalue weighted by Crippen LogP contribution is -2.53. The van der Waals surface area contributed by atoms with Crippen LogP contribution in [0.3, 0.4) is 0 Å². The monoisotopic (exact) mass is 862 g/mol. The van der Waals surface area contributed by atoms with Crippen LogP contribution in [0.25, 0.3) is 0 Å². The Hall–Kier alpha value is -7.24. The molecule has 62 heavy (non-hydrogen) atoms. The van der Waals surface area contributed by atoms with Crippen LogP contribution < -0.4 is 9.47 Å². The first kappa shape index (κ1) is 47.4. The Morgan fingerprint density at radius 1 is 0.516 bits per heavy atom. The number of carbonyl (C=O) groups is 8. The maximum atomic E-state index is 14.6. The molecule has 330 valence electrons. The maximum Gasteiger partial charge on any atom is 0.513 e. The van der Waals surface area contributed by atoms with E-state index in [1.165, 1.54) is 128 Å². The van der Waals surface area contributed by atoms with Crippen LogP contribution in [-0.2, 0) is 47.8 Å². The largest absolute Gasteiger partial charge is 0.513 e. The highest BCUT2D eigenvalue weighted by atomic mass is 17.2. The van der Waals surface area contributed by atoms with Gasteiger partial charge in [0.2, 0.25) is 22.8 Å². The summed E-state index contributed by atoms with van der Waals surface area (Å²) in [4.78, 5) is 119. The zero-order valence-electron chi connectivity index (χ0n) is 35.2. The maximum absolute atomic E-state index is 14.6. The second kappa shape index (κ2) is 19.9. The van der Waals surface area contributed by atoms with E-state index < -0.39 is 82.4 Å². The minimum Gasteiger partial charge on any atom is -0.434 e. The summed E-state index contributed by atoms with van der Waals surface area (Å²) in [5.41, 5.74) is -8.27. The van der Waals surface area contributed by atoms with E-state index in [0.29, 0.717) is 0 Å². The molecule has 0 N–H and O–H groups in total. The van der Waals surface area contributed by atoms with Crippen LogP contribution in [-0.4, -0.2) is 83.7 Å². The molecule has 18 heteroatoms. The predicted octanol–water partition coefficient (Wildman–Crippen LogP) is 7.69. The number of hydrogen-bond donors (Lipinski definition) is 0. The number of benzene rings is 2. The van der Waals surface area contributed by atoms with Gasteiger partial charge in [0, 0.05) is 0 Å². The van der Waals surface area contributed by atoms with E-state index in [2.05, 4.69) is 0 Å². The van der Waals surface area contributed by atoms with E-state index >= 15 is 0 Å². The van der Waals surface area contributed by atoms with Crippen molar-refractivity contribution in [2.45, 2.75) is 77.8 Å². The molecule has 0 aliphatic heterocycles. The normalized spacial score (nSPS) is 20.1. The van der Waals surface area contributed by atoms with Crippen LogP contribution in [0.4, 0.5) is 19.2 Å². The summed E-state index contributed by atoms with van der Waals surface area (Å²) in [5.74, 6) is -9.72. The first-order valence-corrected chi connectivity index (χ1v) is 19.1. The molecule has 4 atom stereocenters. The fourth-order valence-corrected chi connectivity index (χ4v) is 5.85. The Labute approximate surface area is 356 Å². The Morgan fingerprint density at radius 2 is 0.871 bits per heavy atom. The summed E-state index contributed by atoms with van der Waals surface area (Å²) in [5, 5.41) is 0. The van der Waals surface area contributed by atoms with E-state index in [-0.39, 0.29) is 35.8 Å². The molecule has 4 rings (SSSR count). The van der Waals surface area contributed by atoms with Gasteiger partial charge in [0.25, 0.3) is 0 Å². The zero-order valence-corrected chi connectivity index (χ0v) is 35.2. The first-order chi connectivity index (χ1) is 29.2. The van der Waals surface area contributed by atoms with Crippen LogP contribution >= 0.6 is 0 Å². The third-order valence-corrected chi connectivity index (χ3v) is 8.32. The molecule has 0 fully saturated rings.